The molecule has 0 amide bonds. The van der Waals surface area contributed by atoms with Crippen molar-refractivity contribution in [1.82, 2.24) is 9.78 Å². The van der Waals surface area contributed by atoms with E-state index in [1.54, 1.807) is 12.5 Å². The van der Waals surface area contributed by atoms with Crippen LogP contribution in [0.5, 0.6) is 0 Å². The normalized spacial score (nSPS) is 10.6. The van der Waals surface area contributed by atoms with E-state index >= 15 is 0 Å². The number of hydrogen-bond acceptors (Lipinski definition) is 3. The van der Waals surface area contributed by atoms with E-state index in [4.69, 9.17) is 10.2 Å². The molecule has 0 bridgehead atoms. The summed E-state index contributed by atoms with van der Waals surface area (Å²) in [5, 5.41) is 4.21. The van der Waals surface area contributed by atoms with Crippen molar-refractivity contribution in [2.24, 2.45) is 5.73 Å². The zero-order chi connectivity index (χ0) is 9.80. The maximum atomic E-state index is 5.42. The molecule has 4 nitrogen and oxygen atoms in total. The predicted molar refractivity (Wildman–Crippen MR) is 53.6 cm³/mol. The molecule has 2 heterocycles. The lowest BCUT2D eigenvalue weighted by molar-refractivity contribution is 0.578. The van der Waals surface area contributed by atoms with Gasteiger partial charge in [0.05, 0.1) is 18.0 Å². The first-order valence-electron chi connectivity index (χ1n) is 4.66. The Bertz CT molecular complexity index is 378. The number of rotatable bonds is 4. The Labute approximate surface area is 82.3 Å². The lowest BCUT2D eigenvalue weighted by Crippen LogP contribution is -2.05. The molecule has 0 aliphatic heterocycles. The van der Waals surface area contributed by atoms with E-state index in [0.29, 0.717) is 6.54 Å². The fraction of sp³-hybridized carbons (Fsp3) is 0.300. The Morgan fingerprint density at radius 2 is 2.43 bits per heavy atom. The molecule has 0 unspecified atom stereocenters. The van der Waals surface area contributed by atoms with Gasteiger partial charge >= 0.3 is 0 Å². The first-order chi connectivity index (χ1) is 6.90. The predicted octanol–water partition coefficient (Wildman–Crippen LogP) is 1.49. The molecule has 2 aromatic rings. The molecular formula is C10H13N3O. The molecule has 0 saturated heterocycles. The van der Waals surface area contributed by atoms with Crippen LogP contribution in [0.4, 0.5) is 0 Å². The van der Waals surface area contributed by atoms with E-state index in [1.165, 1.54) is 0 Å². The summed E-state index contributed by atoms with van der Waals surface area (Å²) in [4.78, 5) is 0. The first kappa shape index (κ1) is 9.02. The zero-order valence-electron chi connectivity index (χ0n) is 7.89. The first-order valence-corrected chi connectivity index (χ1v) is 4.66. The van der Waals surface area contributed by atoms with Crippen molar-refractivity contribution in [2.75, 3.05) is 6.54 Å². The molecule has 0 atom stereocenters. The van der Waals surface area contributed by atoms with Crippen LogP contribution in [-0.4, -0.2) is 16.3 Å². The molecule has 4 heteroatoms. The van der Waals surface area contributed by atoms with Gasteiger partial charge in [0, 0.05) is 12.7 Å². The number of nitrogens with two attached hydrogens (primary N) is 1. The summed E-state index contributed by atoms with van der Waals surface area (Å²) in [5.41, 5.74) is 6.42. The second-order valence-corrected chi connectivity index (χ2v) is 3.11. The van der Waals surface area contributed by atoms with E-state index in [9.17, 15) is 0 Å². The molecule has 0 fully saturated rings. The van der Waals surface area contributed by atoms with Gasteiger partial charge in [-0.1, -0.05) is 0 Å². The average molecular weight is 191 g/mol. The molecule has 0 radical (unpaired) electrons. The van der Waals surface area contributed by atoms with Gasteiger partial charge in [-0.05, 0) is 25.1 Å². The average Bonchev–Trinajstić information content (AvgIpc) is 2.85. The lowest BCUT2D eigenvalue weighted by Gasteiger charge is -1.96. The van der Waals surface area contributed by atoms with Crippen LogP contribution in [0.3, 0.4) is 0 Å². The third-order valence-electron chi connectivity index (χ3n) is 2.03. The molecule has 0 spiro atoms. The summed E-state index contributed by atoms with van der Waals surface area (Å²) in [6.07, 6.45) is 6.37. The van der Waals surface area contributed by atoms with Crippen LogP contribution in [0.1, 0.15) is 6.42 Å². The van der Waals surface area contributed by atoms with Crippen molar-refractivity contribution in [2.45, 2.75) is 13.0 Å². The van der Waals surface area contributed by atoms with Crippen LogP contribution in [0.25, 0.3) is 11.3 Å². The summed E-state index contributed by atoms with van der Waals surface area (Å²) < 4.78 is 7.14. The van der Waals surface area contributed by atoms with E-state index < -0.39 is 0 Å². The summed E-state index contributed by atoms with van der Waals surface area (Å²) in [6.45, 7) is 1.55. The minimum atomic E-state index is 0.690. The molecule has 0 saturated carbocycles. The van der Waals surface area contributed by atoms with Crippen LogP contribution in [-0.2, 0) is 6.54 Å². The van der Waals surface area contributed by atoms with Gasteiger partial charge in [-0.15, -0.1) is 0 Å². The van der Waals surface area contributed by atoms with Gasteiger partial charge in [0.1, 0.15) is 5.76 Å². The van der Waals surface area contributed by atoms with Gasteiger partial charge in [-0.25, -0.2) is 0 Å². The molecular weight excluding hydrogens is 178 g/mol. The lowest BCUT2D eigenvalue weighted by atomic mass is 10.3. The largest absolute Gasteiger partial charge is 0.464 e. The highest BCUT2D eigenvalue weighted by Crippen LogP contribution is 2.18. The SMILES string of the molecule is NCCCn1cc(-c2ccco2)cn1. The van der Waals surface area contributed by atoms with Crippen LogP contribution in [0.2, 0.25) is 0 Å². The van der Waals surface area contributed by atoms with Crippen molar-refractivity contribution in [3.63, 3.8) is 0 Å². The van der Waals surface area contributed by atoms with Crippen LogP contribution < -0.4 is 5.73 Å². The number of hydrogen-bond donors (Lipinski definition) is 1. The van der Waals surface area contributed by atoms with E-state index in [2.05, 4.69) is 5.10 Å². The molecule has 14 heavy (non-hydrogen) atoms. The minimum absolute atomic E-state index is 0.690. The van der Waals surface area contributed by atoms with E-state index in [-0.39, 0.29) is 0 Å². The van der Waals surface area contributed by atoms with Crippen LogP contribution in [0, 0.1) is 0 Å². The smallest absolute Gasteiger partial charge is 0.137 e. The van der Waals surface area contributed by atoms with Gasteiger partial charge in [-0.2, -0.15) is 5.10 Å². The van der Waals surface area contributed by atoms with Gasteiger partial charge in [0.25, 0.3) is 0 Å². The maximum Gasteiger partial charge on any atom is 0.137 e. The summed E-state index contributed by atoms with van der Waals surface area (Å²) in [5.74, 6) is 0.851. The van der Waals surface area contributed by atoms with Crippen molar-refractivity contribution in [1.29, 1.82) is 0 Å². The Morgan fingerprint density at radius 3 is 3.14 bits per heavy atom. The highest BCUT2D eigenvalue weighted by Gasteiger charge is 2.02. The summed E-state index contributed by atoms with van der Waals surface area (Å²) in [6, 6.07) is 3.79. The van der Waals surface area contributed by atoms with Crippen molar-refractivity contribution in [3.05, 3.63) is 30.8 Å². The molecule has 0 aliphatic rings. The zero-order valence-corrected chi connectivity index (χ0v) is 7.89. The molecule has 2 N–H and O–H groups in total. The highest BCUT2D eigenvalue weighted by molar-refractivity contribution is 5.54. The van der Waals surface area contributed by atoms with Gasteiger partial charge in [0.2, 0.25) is 0 Å². The molecule has 2 aromatic heterocycles. The molecule has 0 aliphatic carbocycles. The van der Waals surface area contributed by atoms with E-state index in [0.717, 1.165) is 24.3 Å². The Kier molecular flexibility index (Phi) is 2.65. The Morgan fingerprint density at radius 1 is 1.50 bits per heavy atom. The standard InChI is InChI=1S/C10H13N3O/c11-4-2-5-13-8-9(7-12-13)10-3-1-6-14-10/h1,3,6-8H,2,4-5,11H2. The number of aromatic nitrogens is 2. The van der Waals surface area contributed by atoms with Crippen LogP contribution in [0.15, 0.2) is 35.2 Å². The van der Waals surface area contributed by atoms with Crippen molar-refractivity contribution in [3.8, 4) is 11.3 Å². The topological polar surface area (TPSA) is 57.0 Å². The van der Waals surface area contributed by atoms with Crippen LogP contribution >= 0.6 is 0 Å². The summed E-state index contributed by atoms with van der Waals surface area (Å²) in [7, 11) is 0. The second kappa shape index (κ2) is 4.11. The molecule has 0 aromatic carbocycles. The summed E-state index contributed by atoms with van der Waals surface area (Å²) >= 11 is 0. The quantitative estimate of drug-likeness (QED) is 0.796. The second-order valence-electron chi connectivity index (χ2n) is 3.11. The number of nitrogens with zero attached hydrogens (tertiary/aromatic N) is 2. The fourth-order valence-electron chi connectivity index (χ4n) is 1.31. The molecule has 2 rings (SSSR count). The fourth-order valence-corrected chi connectivity index (χ4v) is 1.31. The third-order valence-corrected chi connectivity index (χ3v) is 2.03. The van der Waals surface area contributed by atoms with Gasteiger partial charge in [-0.3, -0.25) is 4.68 Å². The Hall–Kier alpha value is -1.55. The minimum Gasteiger partial charge on any atom is -0.464 e. The maximum absolute atomic E-state index is 5.42. The highest BCUT2D eigenvalue weighted by atomic mass is 16.3. The number of furan rings is 1. The van der Waals surface area contributed by atoms with Crippen molar-refractivity contribution >= 4 is 0 Å². The monoisotopic (exact) mass is 191 g/mol. The molecule has 74 valence electrons. The van der Waals surface area contributed by atoms with Gasteiger partial charge in [0.15, 0.2) is 0 Å². The van der Waals surface area contributed by atoms with E-state index in [1.807, 2.05) is 23.0 Å². The third kappa shape index (κ3) is 1.85. The number of aryl methyl sites for hydroxylation is 1. The Balaban J connectivity index is 2.10. The van der Waals surface area contributed by atoms with Gasteiger partial charge < -0.3 is 10.2 Å². The van der Waals surface area contributed by atoms with Crippen molar-refractivity contribution < 1.29 is 4.42 Å².